The molecule has 2 heterocycles. The Balaban J connectivity index is 1.54. The number of aromatic nitrogens is 4. The van der Waals surface area contributed by atoms with Crippen LogP contribution in [0.1, 0.15) is 16.7 Å². The molecule has 0 amide bonds. The molecule has 0 atom stereocenters. The van der Waals surface area contributed by atoms with Crippen LogP contribution in [0.15, 0.2) is 119 Å². The van der Waals surface area contributed by atoms with Gasteiger partial charge in [0, 0.05) is 12.7 Å². The highest BCUT2D eigenvalue weighted by Crippen LogP contribution is 2.18. The summed E-state index contributed by atoms with van der Waals surface area (Å²) in [6.07, 6.45) is 3.78. The predicted octanol–water partition coefficient (Wildman–Crippen LogP) is 4.14. The zero-order chi connectivity index (χ0) is 26.5. The molecule has 190 valence electrons. The van der Waals surface area contributed by atoms with E-state index >= 15 is 0 Å². The highest BCUT2D eigenvalue weighted by Gasteiger charge is 2.21. The van der Waals surface area contributed by atoms with Crippen LogP contribution in [0.3, 0.4) is 0 Å². The van der Waals surface area contributed by atoms with Gasteiger partial charge in [-0.3, -0.25) is 29.3 Å². The lowest BCUT2D eigenvalue weighted by atomic mass is 10.2. The van der Waals surface area contributed by atoms with Crippen LogP contribution in [0.25, 0.3) is 17.2 Å². The first-order valence-corrected chi connectivity index (χ1v) is 12.2. The molecule has 0 aliphatic carbocycles. The van der Waals surface area contributed by atoms with E-state index in [9.17, 15) is 9.59 Å². The zero-order valence-electron chi connectivity index (χ0n) is 21.0. The summed E-state index contributed by atoms with van der Waals surface area (Å²) in [4.78, 5) is 31.6. The highest BCUT2D eigenvalue weighted by molar-refractivity contribution is 5.74. The molecule has 0 aliphatic heterocycles. The summed E-state index contributed by atoms with van der Waals surface area (Å²) in [5, 5.41) is 0. The van der Waals surface area contributed by atoms with Gasteiger partial charge in [0.25, 0.3) is 5.56 Å². The first-order chi connectivity index (χ1) is 18.5. The van der Waals surface area contributed by atoms with Crippen molar-refractivity contribution in [2.24, 2.45) is 7.05 Å². The van der Waals surface area contributed by atoms with Crippen molar-refractivity contribution >= 4 is 23.2 Å². The monoisotopic (exact) mass is 504 g/mol. The summed E-state index contributed by atoms with van der Waals surface area (Å²) < 4.78 is 4.45. The largest absolute Gasteiger partial charge is 0.332 e. The fourth-order valence-corrected chi connectivity index (χ4v) is 4.23. The Morgan fingerprint density at radius 2 is 1.39 bits per heavy atom. The fourth-order valence-electron chi connectivity index (χ4n) is 4.23. The van der Waals surface area contributed by atoms with Crippen LogP contribution in [0.4, 0.5) is 5.95 Å². The Hall–Kier alpha value is -5.11. The van der Waals surface area contributed by atoms with Crippen molar-refractivity contribution in [3.05, 3.63) is 147 Å². The minimum atomic E-state index is -0.426. The van der Waals surface area contributed by atoms with Crippen molar-refractivity contribution in [2.75, 3.05) is 5.43 Å². The van der Waals surface area contributed by atoms with E-state index in [0.717, 1.165) is 16.7 Å². The maximum atomic E-state index is 13.7. The summed E-state index contributed by atoms with van der Waals surface area (Å²) >= 11 is 0. The maximum Gasteiger partial charge on any atom is 0.332 e. The molecule has 5 rings (SSSR count). The molecule has 8 nitrogen and oxygen atoms in total. The van der Waals surface area contributed by atoms with Crippen LogP contribution in [0, 0.1) is 0 Å². The summed E-state index contributed by atoms with van der Waals surface area (Å²) in [5.41, 5.74) is 9.45. The van der Waals surface area contributed by atoms with Gasteiger partial charge in [0.1, 0.15) is 0 Å². The van der Waals surface area contributed by atoms with Crippen molar-refractivity contribution in [3.8, 4) is 0 Å². The molecule has 0 saturated heterocycles. The van der Waals surface area contributed by atoms with Gasteiger partial charge >= 0.3 is 5.69 Å². The third-order valence-electron chi connectivity index (χ3n) is 6.21. The van der Waals surface area contributed by atoms with Gasteiger partial charge < -0.3 is 0 Å². The number of anilines is 1. The van der Waals surface area contributed by atoms with Crippen molar-refractivity contribution in [3.63, 3.8) is 0 Å². The first-order valence-electron chi connectivity index (χ1n) is 12.2. The second kappa shape index (κ2) is 10.9. The van der Waals surface area contributed by atoms with E-state index in [0.29, 0.717) is 29.4 Å². The van der Waals surface area contributed by atoms with E-state index in [2.05, 4.69) is 22.4 Å². The van der Waals surface area contributed by atoms with Crippen molar-refractivity contribution < 1.29 is 0 Å². The molecule has 0 fully saturated rings. The van der Waals surface area contributed by atoms with Crippen LogP contribution < -0.4 is 22.1 Å². The molecule has 3 aromatic carbocycles. The van der Waals surface area contributed by atoms with E-state index in [1.165, 1.54) is 9.13 Å². The number of hydrogen-bond acceptors (Lipinski definition) is 5. The van der Waals surface area contributed by atoms with Crippen LogP contribution in [-0.4, -0.2) is 18.7 Å². The minimum Gasteiger partial charge on any atom is -0.299 e. The minimum absolute atomic E-state index is 0.168. The molecule has 0 saturated carbocycles. The molecule has 0 unspecified atom stereocenters. The molecule has 0 spiro atoms. The van der Waals surface area contributed by atoms with Gasteiger partial charge in [-0.1, -0.05) is 104 Å². The number of fused-ring (bicyclic) bond motifs is 1. The second-order valence-electron chi connectivity index (χ2n) is 8.92. The van der Waals surface area contributed by atoms with Crippen molar-refractivity contribution in [2.45, 2.75) is 13.1 Å². The molecular formula is C30H28N6O2. The topological polar surface area (TPSA) is 85.9 Å². The standard InChI is InChI=1S/C30H28N6O2/c1-22(18-19-23-12-6-3-7-13-23)32-33-29-31-27-26(35(29)20-24-14-8-4-9-15-24)28(37)36(30(38)34(27)2)21-25-16-10-5-11-17-25/h3-19,32H,1,20-21H2,2H3,(H,31,33)/b19-18+. The molecule has 0 radical (unpaired) electrons. The summed E-state index contributed by atoms with van der Waals surface area (Å²) in [7, 11) is 1.63. The quantitative estimate of drug-likeness (QED) is 0.233. The summed E-state index contributed by atoms with van der Waals surface area (Å²) in [6, 6.07) is 29.1. The van der Waals surface area contributed by atoms with Gasteiger partial charge in [-0.05, 0) is 22.8 Å². The second-order valence-corrected chi connectivity index (χ2v) is 8.92. The zero-order valence-corrected chi connectivity index (χ0v) is 21.0. The lowest BCUT2D eigenvalue weighted by molar-refractivity contribution is 0.653. The summed E-state index contributed by atoms with van der Waals surface area (Å²) in [5.74, 6) is 0.391. The van der Waals surface area contributed by atoms with Gasteiger partial charge in [0.2, 0.25) is 5.95 Å². The average Bonchev–Trinajstić information content (AvgIpc) is 3.31. The van der Waals surface area contributed by atoms with Gasteiger partial charge in [0.05, 0.1) is 13.1 Å². The van der Waals surface area contributed by atoms with Crippen LogP contribution in [0.2, 0.25) is 0 Å². The van der Waals surface area contributed by atoms with Gasteiger partial charge in [-0.15, -0.1) is 0 Å². The van der Waals surface area contributed by atoms with Gasteiger partial charge in [0.15, 0.2) is 11.2 Å². The Bertz CT molecular complexity index is 1720. The Labute approximate surface area is 219 Å². The van der Waals surface area contributed by atoms with E-state index in [1.807, 2.05) is 103 Å². The lowest BCUT2D eigenvalue weighted by Gasteiger charge is -2.13. The smallest absolute Gasteiger partial charge is 0.299 e. The van der Waals surface area contributed by atoms with Crippen LogP contribution in [0.5, 0.6) is 0 Å². The van der Waals surface area contributed by atoms with E-state index in [1.54, 1.807) is 11.6 Å². The lowest BCUT2D eigenvalue weighted by Crippen LogP contribution is -2.40. The van der Waals surface area contributed by atoms with Gasteiger partial charge in [-0.2, -0.15) is 4.98 Å². The third kappa shape index (κ3) is 5.19. The van der Waals surface area contributed by atoms with Gasteiger partial charge in [-0.25, -0.2) is 4.79 Å². The molecule has 2 aromatic heterocycles. The number of nitrogens with zero attached hydrogens (tertiary/aromatic N) is 4. The molecule has 2 N–H and O–H groups in total. The number of rotatable bonds is 9. The Kier molecular flexibility index (Phi) is 7.04. The maximum absolute atomic E-state index is 13.7. The molecule has 38 heavy (non-hydrogen) atoms. The number of hydrazine groups is 1. The number of hydrogen-bond donors (Lipinski definition) is 2. The van der Waals surface area contributed by atoms with Crippen LogP contribution in [-0.2, 0) is 20.1 Å². The number of allylic oxidation sites excluding steroid dienone is 1. The highest BCUT2D eigenvalue weighted by atomic mass is 16.2. The van der Waals surface area contributed by atoms with Crippen molar-refractivity contribution in [1.29, 1.82) is 0 Å². The van der Waals surface area contributed by atoms with E-state index in [4.69, 9.17) is 0 Å². The van der Waals surface area contributed by atoms with E-state index in [-0.39, 0.29) is 6.54 Å². The normalized spacial score (nSPS) is 11.2. The molecule has 0 bridgehead atoms. The number of imidazole rings is 1. The Morgan fingerprint density at radius 1 is 0.842 bits per heavy atom. The number of aryl methyl sites for hydroxylation is 1. The summed E-state index contributed by atoms with van der Waals surface area (Å²) in [6.45, 7) is 4.59. The fraction of sp³-hybridized carbons (Fsp3) is 0.100. The van der Waals surface area contributed by atoms with Crippen LogP contribution >= 0.6 is 0 Å². The molecule has 5 aromatic rings. The van der Waals surface area contributed by atoms with E-state index < -0.39 is 11.2 Å². The average molecular weight is 505 g/mol. The third-order valence-corrected chi connectivity index (χ3v) is 6.21. The predicted molar refractivity (Wildman–Crippen MR) is 152 cm³/mol. The number of benzene rings is 3. The molecular weight excluding hydrogens is 476 g/mol. The first kappa shape index (κ1) is 24.6. The molecule has 0 aliphatic rings. The SMILES string of the molecule is C=C(/C=C/c1ccccc1)NNc1nc2c(c(=O)n(Cc3ccccc3)c(=O)n2C)n1Cc1ccccc1. The Morgan fingerprint density at radius 3 is 2.00 bits per heavy atom. The van der Waals surface area contributed by atoms with Crippen molar-refractivity contribution in [1.82, 2.24) is 24.1 Å². The molecule has 8 heteroatoms. The number of nitrogens with one attached hydrogen (secondary N) is 2.